The fourth-order valence-electron chi connectivity index (χ4n) is 2.93. The van der Waals surface area contributed by atoms with Crippen LogP contribution in [0.1, 0.15) is 32.1 Å². The molecule has 1 aliphatic heterocycles. The maximum atomic E-state index is 12.3. The van der Waals surface area contributed by atoms with E-state index in [1.54, 1.807) is 7.11 Å². The molecule has 1 aliphatic carbocycles. The van der Waals surface area contributed by atoms with Crippen molar-refractivity contribution in [3.63, 3.8) is 0 Å². The summed E-state index contributed by atoms with van der Waals surface area (Å²) in [4.78, 5) is 25.0. The van der Waals surface area contributed by atoms with E-state index in [1.807, 2.05) is 4.90 Å². The van der Waals surface area contributed by atoms with E-state index in [0.717, 1.165) is 45.4 Å². The molecule has 1 saturated carbocycles. The molecule has 1 amide bonds. The first kappa shape index (κ1) is 14.3. The molecule has 3 unspecified atom stereocenters. The molecule has 0 spiro atoms. The van der Waals surface area contributed by atoms with Crippen LogP contribution in [-0.2, 0) is 14.3 Å². The summed E-state index contributed by atoms with van der Waals surface area (Å²) in [5.41, 5.74) is 0. The zero-order valence-corrected chi connectivity index (χ0v) is 11.5. The van der Waals surface area contributed by atoms with Crippen molar-refractivity contribution >= 4 is 11.9 Å². The molecule has 108 valence electrons. The lowest BCUT2D eigenvalue weighted by atomic mass is 10.00. The van der Waals surface area contributed by atoms with Crippen molar-refractivity contribution in [3.05, 3.63) is 0 Å². The number of carbonyl (C=O) groups is 2. The standard InChI is InChI=1S/C14H23NO4/c1-19-7-5-10-4-2-3-6-15(9-10)13(16)11-8-12(11)14(17)18/h10-12H,2-9H2,1H3,(H,17,18). The summed E-state index contributed by atoms with van der Waals surface area (Å²) >= 11 is 0. The summed E-state index contributed by atoms with van der Waals surface area (Å²) in [6.07, 6.45) is 4.81. The van der Waals surface area contributed by atoms with E-state index in [-0.39, 0.29) is 11.8 Å². The molecular weight excluding hydrogens is 246 g/mol. The third-order valence-corrected chi connectivity index (χ3v) is 4.24. The lowest BCUT2D eigenvalue weighted by Crippen LogP contribution is -2.36. The highest BCUT2D eigenvalue weighted by atomic mass is 16.5. The maximum Gasteiger partial charge on any atom is 0.307 e. The molecule has 19 heavy (non-hydrogen) atoms. The molecule has 0 bridgehead atoms. The predicted molar refractivity (Wildman–Crippen MR) is 69.6 cm³/mol. The van der Waals surface area contributed by atoms with Gasteiger partial charge in [-0.15, -0.1) is 0 Å². The maximum absolute atomic E-state index is 12.3. The Labute approximate surface area is 113 Å². The van der Waals surface area contributed by atoms with Crippen molar-refractivity contribution in [2.45, 2.75) is 32.1 Å². The van der Waals surface area contributed by atoms with E-state index >= 15 is 0 Å². The zero-order chi connectivity index (χ0) is 13.8. The number of likely N-dealkylation sites (tertiary alicyclic amines) is 1. The number of carboxylic acids is 1. The van der Waals surface area contributed by atoms with Crippen LogP contribution in [0, 0.1) is 17.8 Å². The number of aliphatic carboxylic acids is 1. The topological polar surface area (TPSA) is 66.8 Å². The summed E-state index contributed by atoms with van der Waals surface area (Å²) in [5.74, 6) is -0.985. The fourth-order valence-corrected chi connectivity index (χ4v) is 2.93. The third-order valence-electron chi connectivity index (χ3n) is 4.24. The van der Waals surface area contributed by atoms with Crippen LogP contribution in [-0.4, -0.2) is 48.7 Å². The van der Waals surface area contributed by atoms with E-state index in [1.165, 1.54) is 0 Å². The van der Waals surface area contributed by atoms with Crippen LogP contribution < -0.4 is 0 Å². The second-order valence-corrected chi connectivity index (χ2v) is 5.71. The van der Waals surface area contributed by atoms with Gasteiger partial charge in [-0.05, 0) is 31.6 Å². The SMILES string of the molecule is COCCC1CCCCN(C(=O)C2CC2C(=O)O)C1. The monoisotopic (exact) mass is 269 g/mol. The Morgan fingerprint density at radius 2 is 2.11 bits per heavy atom. The Hall–Kier alpha value is -1.10. The number of methoxy groups -OCH3 is 1. The normalized spacial score (nSPS) is 30.8. The highest BCUT2D eigenvalue weighted by molar-refractivity contribution is 5.89. The number of carboxylic acid groups (broad SMARTS) is 1. The van der Waals surface area contributed by atoms with Crippen LogP contribution in [0.25, 0.3) is 0 Å². The molecule has 5 nitrogen and oxygen atoms in total. The van der Waals surface area contributed by atoms with Crippen molar-refractivity contribution in [1.82, 2.24) is 4.90 Å². The van der Waals surface area contributed by atoms with Crippen molar-refractivity contribution < 1.29 is 19.4 Å². The summed E-state index contributed by atoms with van der Waals surface area (Å²) < 4.78 is 5.11. The van der Waals surface area contributed by atoms with Crippen LogP contribution >= 0.6 is 0 Å². The van der Waals surface area contributed by atoms with Gasteiger partial charge in [0.05, 0.1) is 11.8 Å². The first-order valence-electron chi connectivity index (χ1n) is 7.14. The van der Waals surface area contributed by atoms with Crippen molar-refractivity contribution in [3.8, 4) is 0 Å². The number of nitrogens with zero attached hydrogens (tertiary/aromatic N) is 1. The Kier molecular flexibility index (Phi) is 4.80. The lowest BCUT2D eigenvalue weighted by Gasteiger charge is -2.24. The molecule has 0 aromatic carbocycles. The van der Waals surface area contributed by atoms with Crippen molar-refractivity contribution in [2.24, 2.45) is 17.8 Å². The molecule has 2 rings (SSSR count). The molecule has 0 radical (unpaired) electrons. The van der Waals surface area contributed by atoms with Crippen LogP contribution in [0.4, 0.5) is 0 Å². The van der Waals surface area contributed by atoms with Gasteiger partial charge in [0.1, 0.15) is 0 Å². The number of hydrogen-bond donors (Lipinski definition) is 1. The minimum absolute atomic E-state index is 0.0525. The molecule has 1 saturated heterocycles. The van der Waals surface area contributed by atoms with Gasteiger partial charge in [0.25, 0.3) is 0 Å². The molecular formula is C14H23NO4. The van der Waals surface area contributed by atoms with E-state index in [4.69, 9.17) is 9.84 Å². The van der Waals surface area contributed by atoms with Crippen molar-refractivity contribution in [2.75, 3.05) is 26.8 Å². The molecule has 1 heterocycles. The number of amides is 1. The summed E-state index contributed by atoms with van der Waals surface area (Å²) in [5, 5.41) is 8.91. The van der Waals surface area contributed by atoms with Gasteiger partial charge in [0.15, 0.2) is 0 Å². The molecule has 5 heteroatoms. The van der Waals surface area contributed by atoms with Gasteiger partial charge in [0.2, 0.25) is 5.91 Å². The van der Waals surface area contributed by atoms with Gasteiger partial charge in [-0.1, -0.05) is 6.42 Å². The highest BCUT2D eigenvalue weighted by Gasteiger charge is 2.49. The first-order chi connectivity index (χ1) is 9.13. The Morgan fingerprint density at radius 1 is 1.32 bits per heavy atom. The summed E-state index contributed by atoms with van der Waals surface area (Å²) in [6, 6.07) is 0. The quantitative estimate of drug-likeness (QED) is 0.818. The Balaban J connectivity index is 1.87. The predicted octanol–water partition coefficient (Wildman–Crippen LogP) is 1.37. The number of rotatable bonds is 5. The van der Waals surface area contributed by atoms with Crippen LogP contribution in [0.15, 0.2) is 0 Å². The largest absolute Gasteiger partial charge is 0.481 e. The van der Waals surface area contributed by atoms with E-state index in [0.29, 0.717) is 12.3 Å². The van der Waals surface area contributed by atoms with E-state index < -0.39 is 11.9 Å². The highest BCUT2D eigenvalue weighted by Crippen LogP contribution is 2.40. The zero-order valence-electron chi connectivity index (χ0n) is 11.5. The van der Waals surface area contributed by atoms with Gasteiger partial charge in [0, 0.05) is 26.8 Å². The summed E-state index contributed by atoms with van der Waals surface area (Å²) in [6.45, 7) is 2.28. The number of carbonyl (C=O) groups excluding carboxylic acids is 1. The second kappa shape index (κ2) is 6.37. The molecule has 2 aliphatic rings. The second-order valence-electron chi connectivity index (χ2n) is 5.71. The minimum Gasteiger partial charge on any atom is -0.481 e. The van der Waals surface area contributed by atoms with Gasteiger partial charge >= 0.3 is 5.97 Å². The molecule has 3 atom stereocenters. The van der Waals surface area contributed by atoms with Gasteiger partial charge in [-0.3, -0.25) is 9.59 Å². The summed E-state index contributed by atoms with van der Waals surface area (Å²) in [7, 11) is 1.70. The van der Waals surface area contributed by atoms with E-state index in [2.05, 4.69) is 0 Å². The molecule has 2 fully saturated rings. The van der Waals surface area contributed by atoms with Crippen LogP contribution in [0.2, 0.25) is 0 Å². The van der Waals surface area contributed by atoms with Gasteiger partial charge in [-0.2, -0.15) is 0 Å². The smallest absolute Gasteiger partial charge is 0.307 e. The van der Waals surface area contributed by atoms with Gasteiger partial charge in [-0.25, -0.2) is 0 Å². The molecule has 0 aromatic rings. The van der Waals surface area contributed by atoms with Crippen LogP contribution in [0.3, 0.4) is 0 Å². The molecule has 0 aromatic heterocycles. The Bertz CT molecular complexity index is 344. The first-order valence-corrected chi connectivity index (χ1v) is 7.14. The average Bonchev–Trinajstić information content (AvgIpc) is 3.19. The number of hydrogen-bond acceptors (Lipinski definition) is 3. The molecule has 1 N–H and O–H groups in total. The average molecular weight is 269 g/mol. The lowest BCUT2D eigenvalue weighted by molar-refractivity contribution is -0.142. The van der Waals surface area contributed by atoms with Crippen LogP contribution in [0.5, 0.6) is 0 Å². The number of ether oxygens (including phenoxy) is 1. The fraction of sp³-hybridized carbons (Fsp3) is 0.857. The Morgan fingerprint density at radius 3 is 2.74 bits per heavy atom. The third kappa shape index (κ3) is 3.69. The van der Waals surface area contributed by atoms with Crippen molar-refractivity contribution in [1.29, 1.82) is 0 Å². The van der Waals surface area contributed by atoms with E-state index in [9.17, 15) is 9.59 Å². The minimum atomic E-state index is -0.830. The van der Waals surface area contributed by atoms with Gasteiger partial charge < -0.3 is 14.7 Å².